The highest BCUT2D eigenvalue weighted by Crippen LogP contribution is 2.55. The summed E-state index contributed by atoms with van der Waals surface area (Å²) in [5, 5.41) is 0. The van der Waals surface area contributed by atoms with Crippen LogP contribution in [0.25, 0.3) is 22.3 Å². The SMILES string of the molecule is C1=CCCC=C1.CC(C)(C)c1ccc(N(c2ccc(C(C)(C)C)cc2)c2ccc3c(c2)N(c2ccc4c(c2)C(C)(C)c2ccccc2-4)c2cc(C(C)(C)C)cc4c2B3c2cc(C(C)(C)C)ccc2N4c2ccc3c(c2)C(C)(C)c2cc(C(C)(C)C)ccc2-3)cc1. The number of hydrogen-bond acceptors (Lipinski definition) is 3. The maximum absolute atomic E-state index is 2.67. The highest BCUT2D eigenvalue weighted by molar-refractivity contribution is 7.00. The van der Waals surface area contributed by atoms with Gasteiger partial charge in [-0.05, 0) is 207 Å². The van der Waals surface area contributed by atoms with E-state index in [0.29, 0.717) is 0 Å². The Morgan fingerprint density at radius 1 is 0.333 bits per heavy atom. The lowest BCUT2D eigenvalue weighted by molar-refractivity contribution is 0.584. The van der Waals surface area contributed by atoms with E-state index in [4.69, 9.17) is 0 Å². The number of hydrogen-bond donors (Lipinski definition) is 0. The van der Waals surface area contributed by atoms with Gasteiger partial charge in [-0.25, -0.2) is 0 Å². The van der Waals surface area contributed by atoms with Crippen molar-refractivity contribution >= 4 is 74.3 Å². The van der Waals surface area contributed by atoms with Crippen molar-refractivity contribution in [1.29, 1.82) is 0 Å². The van der Waals surface area contributed by atoms with Crippen molar-refractivity contribution in [2.45, 2.75) is 182 Å². The number of benzene rings is 9. The van der Waals surface area contributed by atoms with Gasteiger partial charge in [-0.2, -0.15) is 0 Å². The van der Waals surface area contributed by atoms with Gasteiger partial charge in [0.15, 0.2) is 0 Å². The molecule has 0 unspecified atom stereocenters. The third-order valence-corrected chi connectivity index (χ3v) is 20.5. The molecule has 0 fully saturated rings. The van der Waals surface area contributed by atoms with Gasteiger partial charge >= 0.3 is 0 Å². The first kappa shape index (κ1) is 60.8. The lowest BCUT2D eigenvalue weighted by Gasteiger charge is -2.46. The summed E-state index contributed by atoms with van der Waals surface area (Å²) in [5.74, 6) is 0. The third-order valence-electron chi connectivity index (χ3n) is 20.5. The standard InChI is InChI=1S/C80H86BN3.C6H8/c1-74(2,3)49-24-30-54(31-25-49)82(55-32-26-50(27-33-55)75(4,5)6)58-36-40-67-70(48-58)84(57-35-38-61-59-22-20-21-23-63(59)79(16,17)65(61)47-57)72-45-53(78(13,14)15)44-71-73(72)81(67)68-43-52(77(10,11)12)29-41-69(68)83(71)56-34-39-62-60-37-28-51(76(7,8)9)42-64(60)80(18,19)66(62)46-56;1-2-4-6-5-3-1/h20-48H,1-19H3;1-4H,5-6H2. The molecule has 2 aliphatic heterocycles. The summed E-state index contributed by atoms with van der Waals surface area (Å²) >= 11 is 0. The van der Waals surface area contributed by atoms with Crippen LogP contribution in [0.4, 0.5) is 51.2 Å². The summed E-state index contributed by atoms with van der Waals surface area (Å²) in [4.78, 5) is 7.80. The third kappa shape index (κ3) is 10.3. The number of rotatable bonds is 5. The molecule has 0 saturated carbocycles. The molecule has 0 atom stereocenters. The largest absolute Gasteiger partial charge is 0.311 e. The van der Waals surface area contributed by atoms with Gasteiger partial charge in [0, 0.05) is 62.0 Å². The average Bonchev–Trinajstić information content (AvgIpc) is 0.709. The molecule has 9 aromatic carbocycles. The van der Waals surface area contributed by atoms with Crippen LogP contribution in [0, 0.1) is 0 Å². The second-order valence-corrected chi connectivity index (χ2v) is 32.7. The van der Waals surface area contributed by atoms with Crippen LogP contribution in [0.1, 0.15) is 194 Å². The van der Waals surface area contributed by atoms with Gasteiger partial charge in [-0.3, -0.25) is 0 Å². The number of allylic oxidation sites excluding steroid dienone is 4. The van der Waals surface area contributed by atoms with E-state index in [0.717, 1.165) is 17.1 Å². The van der Waals surface area contributed by atoms with Gasteiger partial charge < -0.3 is 14.7 Å². The van der Waals surface area contributed by atoms with Crippen molar-refractivity contribution in [3.63, 3.8) is 0 Å². The summed E-state index contributed by atoms with van der Waals surface area (Å²) in [6.45, 7) is 44.7. The Kier molecular flexibility index (Phi) is 14.4. The van der Waals surface area contributed by atoms with Crippen LogP contribution in [-0.4, -0.2) is 6.71 Å². The Morgan fingerprint density at radius 2 is 0.744 bits per heavy atom. The molecule has 0 N–H and O–H groups in total. The molecule has 2 heterocycles. The fourth-order valence-electron chi connectivity index (χ4n) is 15.0. The van der Waals surface area contributed by atoms with Crippen LogP contribution in [0.5, 0.6) is 0 Å². The molecular weight excluding hydrogens is 1090 g/mol. The second kappa shape index (κ2) is 21.3. The summed E-state index contributed by atoms with van der Waals surface area (Å²) in [7, 11) is 0. The molecule has 90 heavy (non-hydrogen) atoms. The molecule has 0 saturated heterocycles. The molecule has 3 nitrogen and oxygen atoms in total. The summed E-state index contributed by atoms with van der Waals surface area (Å²) in [6.07, 6.45) is 11.0. The quantitative estimate of drug-likeness (QED) is 0.159. The Hall–Kier alpha value is -8.08. The van der Waals surface area contributed by atoms with Crippen molar-refractivity contribution in [3.05, 3.63) is 250 Å². The average molecular weight is 1180 g/mol. The zero-order valence-electron chi connectivity index (χ0n) is 57.4. The van der Waals surface area contributed by atoms with E-state index in [1.165, 1.54) is 136 Å². The molecule has 0 radical (unpaired) electrons. The topological polar surface area (TPSA) is 9.72 Å². The van der Waals surface area contributed by atoms with E-state index in [2.05, 4.69) is 346 Å². The van der Waals surface area contributed by atoms with Gasteiger partial charge in [0.25, 0.3) is 6.71 Å². The second-order valence-electron chi connectivity index (χ2n) is 32.7. The molecule has 3 aliphatic carbocycles. The fraction of sp³-hybridized carbons (Fsp3) is 0.326. The Morgan fingerprint density at radius 3 is 1.23 bits per heavy atom. The van der Waals surface area contributed by atoms with Crippen LogP contribution >= 0.6 is 0 Å². The van der Waals surface area contributed by atoms with Crippen molar-refractivity contribution in [2.75, 3.05) is 14.7 Å². The predicted molar refractivity (Wildman–Crippen MR) is 391 cm³/mol. The first-order valence-corrected chi connectivity index (χ1v) is 33.3. The van der Waals surface area contributed by atoms with Crippen molar-refractivity contribution in [2.24, 2.45) is 0 Å². The van der Waals surface area contributed by atoms with Crippen LogP contribution in [-0.2, 0) is 37.9 Å². The van der Waals surface area contributed by atoms with Crippen molar-refractivity contribution in [3.8, 4) is 22.3 Å². The molecule has 456 valence electrons. The van der Waals surface area contributed by atoms with Gasteiger partial charge in [-0.15, -0.1) is 0 Å². The number of nitrogens with zero attached hydrogens (tertiary/aromatic N) is 3. The van der Waals surface area contributed by atoms with Gasteiger partial charge in [0.2, 0.25) is 0 Å². The molecule has 0 spiro atoms. The number of fused-ring (bicyclic) bond motifs is 10. The minimum Gasteiger partial charge on any atom is -0.311 e. The molecular formula is C86H94BN3. The van der Waals surface area contributed by atoms with E-state index in [-0.39, 0.29) is 44.6 Å². The molecule has 14 rings (SSSR count). The van der Waals surface area contributed by atoms with E-state index in [1.807, 2.05) is 0 Å². The van der Waals surface area contributed by atoms with Crippen LogP contribution < -0.4 is 31.1 Å². The van der Waals surface area contributed by atoms with Gasteiger partial charge in [0.1, 0.15) is 0 Å². The minimum absolute atomic E-state index is 0.0200. The summed E-state index contributed by atoms with van der Waals surface area (Å²) < 4.78 is 0. The predicted octanol–water partition coefficient (Wildman–Crippen LogP) is 22.2. The molecule has 0 amide bonds. The first-order valence-electron chi connectivity index (χ1n) is 33.3. The van der Waals surface area contributed by atoms with E-state index in [1.54, 1.807) is 0 Å². The minimum atomic E-state index is -0.197. The van der Waals surface area contributed by atoms with Crippen molar-refractivity contribution in [1.82, 2.24) is 0 Å². The van der Waals surface area contributed by atoms with Crippen LogP contribution in [0.2, 0.25) is 0 Å². The van der Waals surface area contributed by atoms with Crippen LogP contribution in [0.3, 0.4) is 0 Å². The molecule has 4 heteroatoms. The fourth-order valence-corrected chi connectivity index (χ4v) is 15.0. The highest BCUT2D eigenvalue weighted by atomic mass is 15.2. The maximum Gasteiger partial charge on any atom is 0.252 e. The Bertz CT molecular complexity index is 4310. The van der Waals surface area contributed by atoms with Gasteiger partial charge in [0.05, 0.1) is 0 Å². The molecule has 9 aromatic rings. The lowest BCUT2D eigenvalue weighted by atomic mass is 9.33. The Balaban J connectivity index is 0.00000117. The number of anilines is 9. The monoisotopic (exact) mass is 1180 g/mol. The van der Waals surface area contributed by atoms with Gasteiger partial charge in [-0.1, -0.05) is 253 Å². The van der Waals surface area contributed by atoms with E-state index < -0.39 is 0 Å². The molecule has 5 aliphatic rings. The van der Waals surface area contributed by atoms with Crippen LogP contribution in [0.15, 0.2) is 200 Å². The normalized spacial score (nSPS) is 15.7. The smallest absolute Gasteiger partial charge is 0.252 e. The van der Waals surface area contributed by atoms with Crippen molar-refractivity contribution < 1.29 is 0 Å². The summed E-state index contributed by atoms with van der Waals surface area (Å²) in [6, 6.07) is 69.6. The zero-order chi connectivity index (χ0) is 64.0. The maximum atomic E-state index is 2.67. The summed E-state index contributed by atoms with van der Waals surface area (Å²) in [5.41, 5.74) is 31.6. The zero-order valence-corrected chi connectivity index (χ0v) is 57.4. The van der Waals surface area contributed by atoms with E-state index in [9.17, 15) is 0 Å². The molecule has 0 aromatic heterocycles. The van der Waals surface area contributed by atoms with E-state index >= 15 is 0 Å². The Labute approximate surface area is 540 Å². The first-order chi connectivity index (χ1) is 42.3. The molecule has 0 bridgehead atoms. The highest BCUT2D eigenvalue weighted by Gasteiger charge is 2.47. The lowest BCUT2D eigenvalue weighted by Crippen LogP contribution is -2.61.